The molecule has 0 fully saturated rings. The van der Waals surface area contributed by atoms with Crippen LogP contribution in [-0.2, 0) is 0 Å². The summed E-state index contributed by atoms with van der Waals surface area (Å²) in [5.41, 5.74) is 8.36. The molecule has 2 heterocycles. The van der Waals surface area contributed by atoms with Crippen molar-refractivity contribution in [3.8, 4) is 22.3 Å². The van der Waals surface area contributed by atoms with E-state index in [1.807, 2.05) is 24.3 Å². The highest BCUT2D eigenvalue weighted by atomic mass is 16.3. The predicted molar refractivity (Wildman–Crippen MR) is 167 cm³/mol. The molecule has 0 aliphatic carbocycles. The molecule has 2 nitrogen and oxygen atoms in total. The summed E-state index contributed by atoms with van der Waals surface area (Å²) in [4.78, 5) is 0. The van der Waals surface area contributed by atoms with Crippen molar-refractivity contribution in [2.24, 2.45) is 0 Å². The van der Waals surface area contributed by atoms with Gasteiger partial charge >= 0.3 is 0 Å². The van der Waals surface area contributed by atoms with Crippen LogP contribution >= 0.6 is 0 Å². The van der Waals surface area contributed by atoms with Gasteiger partial charge in [0.15, 0.2) is 0 Å². The topological polar surface area (TPSA) is 26.3 Å². The lowest BCUT2D eigenvalue weighted by molar-refractivity contribution is 0.663. The van der Waals surface area contributed by atoms with Crippen molar-refractivity contribution >= 4 is 65.4 Å². The second kappa shape index (κ2) is 8.08. The number of hydrogen-bond acceptors (Lipinski definition) is 2. The molecule has 2 heteroatoms. The summed E-state index contributed by atoms with van der Waals surface area (Å²) >= 11 is 0. The molecule has 9 rings (SSSR count). The van der Waals surface area contributed by atoms with Crippen LogP contribution in [0.15, 0.2) is 142 Å². The lowest BCUT2D eigenvalue weighted by Crippen LogP contribution is -1.87. The van der Waals surface area contributed by atoms with Crippen molar-refractivity contribution in [2.75, 3.05) is 0 Å². The van der Waals surface area contributed by atoms with Gasteiger partial charge in [-0.05, 0) is 86.3 Å². The SMILES string of the molecule is c1cc(-c2ccc3oc4ccc5oc6ccccc6c5c4c3c2)cc(-c2c3ccccc3cc3ccccc23)c1. The van der Waals surface area contributed by atoms with Crippen molar-refractivity contribution in [3.63, 3.8) is 0 Å². The van der Waals surface area contributed by atoms with Crippen LogP contribution in [0.5, 0.6) is 0 Å². The fourth-order valence-electron chi connectivity index (χ4n) is 6.44. The highest BCUT2D eigenvalue weighted by Gasteiger charge is 2.17. The van der Waals surface area contributed by atoms with E-state index in [2.05, 4.69) is 109 Å². The quantitative estimate of drug-likeness (QED) is 0.216. The Bertz CT molecular complexity index is 2380. The molecule has 9 aromatic rings. The van der Waals surface area contributed by atoms with Crippen molar-refractivity contribution in [1.29, 1.82) is 0 Å². The molecule has 0 radical (unpaired) electrons. The Morgan fingerprint density at radius 2 is 0.875 bits per heavy atom. The minimum Gasteiger partial charge on any atom is -0.456 e. The summed E-state index contributed by atoms with van der Waals surface area (Å²) in [6.07, 6.45) is 0. The number of furan rings is 2. The van der Waals surface area contributed by atoms with E-state index in [0.29, 0.717) is 0 Å². The molecular weight excluding hydrogens is 488 g/mol. The Balaban J connectivity index is 1.29. The first-order valence-corrected chi connectivity index (χ1v) is 13.6. The van der Waals surface area contributed by atoms with Crippen molar-refractivity contribution < 1.29 is 8.83 Å². The zero-order valence-corrected chi connectivity index (χ0v) is 21.5. The van der Waals surface area contributed by atoms with E-state index in [-0.39, 0.29) is 0 Å². The molecule has 0 saturated heterocycles. The number of rotatable bonds is 2. The Hall–Kier alpha value is -5.34. The lowest BCUT2D eigenvalue weighted by atomic mass is 9.90. The second-order valence-corrected chi connectivity index (χ2v) is 10.5. The molecule has 0 N–H and O–H groups in total. The van der Waals surface area contributed by atoms with E-state index >= 15 is 0 Å². The van der Waals surface area contributed by atoms with Gasteiger partial charge in [0.25, 0.3) is 0 Å². The maximum Gasteiger partial charge on any atom is 0.136 e. The molecule has 2 aromatic heterocycles. The molecular formula is C38H22O2. The van der Waals surface area contributed by atoms with Gasteiger partial charge in [0.2, 0.25) is 0 Å². The van der Waals surface area contributed by atoms with E-state index in [1.54, 1.807) is 0 Å². The van der Waals surface area contributed by atoms with Gasteiger partial charge in [-0.2, -0.15) is 0 Å². The van der Waals surface area contributed by atoms with E-state index in [4.69, 9.17) is 8.83 Å². The third-order valence-corrected chi connectivity index (χ3v) is 8.23. The third kappa shape index (κ3) is 3.05. The molecule has 7 aromatic carbocycles. The molecule has 186 valence electrons. The van der Waals surface area contributed by atoms with Crippen LogP contribution in [0.3, 0.4) is 0 Å². The van der Waals surface area contributed by atoms with Gasteiger partial charge in [-0.15, -0.1) is 0 Å². The van der Waals surface area contributed by atoms with Crippen molar-refractivity contribution in [3.05, 3.63) is 133 Å². The maximum absolute atomic E-state index is 6.32. The average Bonchev–Trinajstić information content (AvgIpc) is 3.57. The van der Waals surface area contributed by atoms with E-state index in [0.717, 1.165) is 49.4 Å². The fourth-order valence-corrected chi connectivity index (χ4v) is 6.44. The van der Waals surface area contributed by atoms with Crippen LogP contribution in [0.2, 0.25) is 0 Å². The minimum atomic E-state index is 0.877. The Morgan fingerprint density at radius 1 is 0.325 bits per heavy atom. The van der Waals surface area contributed by atoms with Crippen LogP contribution in [0.1, 0.15) is 0 Å². The average molecular weight is 511 g/mol. The molecule has 0 bridgehead atoms. The largest absolute Gasteiger partial charge is 0.456 e. The molecule has 40 heavy (non-hydrogen) atoms. The standard InChI is InChI=1S/C38H22O2/c1-3-12-28-25(8-1)21-26-9-2-4-13-29(26)36(28)27-11-7-10-23(20-27)24-16-17-33-31(22-24)38-35(40-33)19-18-34-37(38)30-14-5-6-15-32(30)39-34/h1-22H. The summed E-state index contributed by atoms with van der Waals surface area (Å²) in [6, 6.07) is 47.3. The summed E-state index contributed by atoms with van der Waals surface area (Å²) in [5, 5.41) is 9.48. The third-order valence-electron chi connectivity index (χ3n) is 8.23. The van der Waals surface area contributed by atoms with Crippen molar-refractivity contribution in [2.45, 2.75) is 0 Å². The van der Waals surface area contributed by atoms with Crippen LogP contribution in [0.25, 0.3) is 87.7 Å². The van der Waals surface area contributed by atoms with Gasteiger partial charge in [-0.25, -0.2) is 0 Å². The Kier molecular flexibility index (Phi) is 4.36. The Morgan fingerprint density at radius 3 is 1.62 bits per heavy atom. The molecule has 0 aliphatic rings. The molecule has 0 atom stereocenters. The number of hydrogen-bond donors (Lipinski definition) is 0. The molecule has 0 amide bonds. The summed E-state index contributed by atoms with van der Waals surface area (Å²) in [6.45, 7) is 0. The van der Waals surface area contributed by atoms with Gasteiger partial charge in [-0.1, -0.05) is 91.0 Å². The summed E-state index contributed by atoms with van der Waals surface area (Å²) in [5.74, 6) is 0. The van der Waals surface area contributed by atoms with E-state index < -0.39 is 0 Å². The fraction of sp³-hybridized carbons (Fsp3) is 0. The highest BCUT2D eigenvalue weighted by Crippen LogP contribution is 2.42. The van der Waals surface area contributed by atoms with Gasteiger partial charge < -0.3 is 8.83 Å². The first-order valence-electron chi connectivity index (χ1n) is 13.6. The van der Waals surface area contributed by atoms with Gasteiger partial charge in [0, 0.05) is 21.5 Å². The monoisotopic (exact) mass is 510 g/mol. The molecule has 0 spiro atoms. The van der Waals surface area contributed by atoms with Crippen LogP contribution in [0, 0.1) is 0 Å². The molecule has 0 saturated carbocycles. The lowest BCUT2D eigenvalue weighted by Gasteiger charge is -2.13. The van der Waals surface area contributed by atoms with Crippen LogP contribution < -0.4 is 0 Å². The maximum atomic E-state index is 6.32. The minimum absolute atomic E-state index is 0.877. The van der Waals surface area contributed by atoms with E-state index in [9.17, 15) is 0 Å². The normalized spacial score (nSPS) is 12.0. The van der Waals surface area contributed by atoms with Gasteiger partial charge in [0.05, 0.1) is 0 Å². The van der Waals surface area contributed by atoms with Gasteiger partial charge in [-0.3, -0.25) is 0 Å². The number of benzene rings is 7. The number of fused-ring (bicyclic) bond motifs is 9. The van der Waals surface area contributed by atoms with Crippen LogP contribution in [-0.4, -0.2) is 0 Å². The molecule has 0 aliphatic heterocycles. The first kappa shape index (κ1) is 21.6. The zero-order chi connectivity index (χ0) is 26.2. The zero-order valence-electron chi connectivity index (χ0n) is 21.5. The van der Waals surface area contributed by atoms with Crippen LogP contribution in [0.4, 0.5) is 0 Å². The summed E-state index contributed by atoms with van der Waals surface area (Å²) in [7, 11) is 0. The van der Waals surface area contributed by atoms with Gasteiger partial charge in [0.1, 0.15) is 22.3 Å². The highest BCUT2D eigenvalue weighted by molar-refractivity contribution is 6.26. The summed E-state index contributed by atoms with van der Waals surface area (Å²) < 4.78 is 12.5. The Labute approximate surface area is 229 Å². The molecule has 0 unspecified atom stereocenters. The van der Waals surface area contributed by atoms with Crippen molar-refractivity contribution in [1.82, 2.24) is 0 Å². The number of para-hydroxylation sites is 1. The predicted octanol–water partition coefficient (Wildman–Crippen LogP) is 11.1. The second-order valence-electron chi connectivity index (χ2n) is 10.5. The first-order chi connectivity index (χ1) is 19.8. The smallest absolute Gasteiger partial charge is 0.136 e. The van der Waals surface area contributed by atoms with E-state index in [1.165, 1.54) is 38.2 Å².